The molecule has 3 N–H and O–H groups in total. The van der Waals surface area contributed by atoms with E-state index in [4.69, 9.17) is 0 Å². The van der Waals surface area contributed by atoms with Crippen molar-refractivity contribution in [3.63, 3.8) is 0 Å². The van der Waals surface area contributed by atoms with Crippen LogP contribution in [0.15, 0.2) is 53.7 Å². The van der Waals surface area contributed by atoms with E-state index in [0.29, 0.717) is 29.4 Å². The van der Waals surface area contributed by atoms with Crippen LogP contribution in [0.1, 0.15) is 94.3 Å². The molecule has 17 heteroatoms. The Kier molecular flexibility index (Phi) is 10.8. The summed E-state index contributed by atoms with van der Waals surface area (Å²) in [5.41, 5.74) is 1.09. The summed E-state index contributed by atoms with van der Waals surface area (Å²) >= 11 is 0. The summed E-state index contributed by atoms with van der Waals surface area (Å²) in [7, 11) is 1.80. The molecule has 0 radical (unpaired) electrons. The molecular formula is C38H45F4N9O4. The third kappa shape index (κ3) is 8.16. The molecule has 3 aliphatic rings. The van der Waals surface area contributed by atoms with Gasteiger partial charge in [-0.1, -0.05) is 31.4 Å². The third-order valence-corrected chi connectivity index (χ3v) is 10.9. The summed E-state index contributed by atoms with van der Waals surface area (Å²) < 4.78 is 54.8. The zero-order chi connectivity index (χ0) is 38.9. The molecule has 0 bridgehead atoms. The van der Waals surface area contributed by atoms with E-state index in [0.717, 1.165) is 55.1 Å². The average Bonchev–Trinajstić information content (AvgIpc) is 3.73. The minimum absolute atomic E-state index is 0. The van der Waals surface area contributed by atoms with E-state index in [1.807, 2.05) is 12.1 Å². The highest BCUT2D eigenvalue weighted by molar-refractivity contribution is 6.03. The van der Waals surface area contributed by atoms with Crippen LogP contribution in [0.2, 0.25) is 0 Å². The van der Waals surface area contributed by atoms with Gasteiger partial charge in [-0.25, -0.2) is 14.2 Å². The van der Waals surface area contributed by atoms with Gasteiger partial charge >= 0.3 is 11.9 Å². The fraction of sp³-hybridized carbons (Fsp3) is 0.447. The van der Waals surface area contributed by atoms with Gasteiger partial charge in [-0.05, 0) is 74.7 Å². The van der Waals surface area contributed by atoms with Crippen molar-refractivity contribution in [1.82, 2.24) is 39.5 Å². The molecular weight excluding hydrogens is 722 g/mol. The van der Waals surface area contributed by atoms with E-state index >= 15 is 0 Å². The number of fused-ring (bicyclic) bond motifs is 2. The molecule has 3 amide bonds. The predicted molar refractivity (Wildman–Crippen MR) is 199 cm³/mol. The van der Waals surface area contributed by atoms with E-state index in [1.165, 1.54) is 56.5 Å². The highest BCUT2D eigenvalue weighted by atomic mass is 19.4. The van der Waals surface area contributed by atoms with Crippen LogP contribution in [0.25, 0.3) is 21.9 Å². The Balaban J connectivity index is 0.000000221. The molecule has 1 unspecified atom stereocenters. The molecule has 8 rings (SSSR count). The van der Waals surface area contributed by atoms with E-state index in [1.54, 1.807) is 16.2 Å². The summed E-state index contributed by atoms with van der Waals surface area (Å²) in [6.45, 7) is 3.46. The van der Waals surface area contributed by atoms with Gasteiger partial charge in [0.2, 0.25) is 11.8 Å². The number of para-hydroxylation sites is 1. The van der Waals surface area contributed by atoms with Crippen LogP contribution in [-0.2, 0) is 22.8 Å². The fourth-order valence-corrected chi connectivity index (χ4v) is 8.05. The maximum atomic E-state index is 13.9. The molecule has 2 aromatic carbocycles. The average molecular weight is 768 g/mol. The molecule has 13 nitrogen and oxygen atoms in total. The Labute approximate surface area is 315 Å². The number of imide groups is 1. The lowest BCUT2D eigenvalue weighted by Crippen LogP contribution is -2.44. The van der Waals surface area contributed by atoms with Gasteiger partial charge in [-0.2, -0.15) is 18.3 Å². The monoisotopic (exact) mass is 767 g/mol. The summed E-state index contributed by atoms with van der Waals surface area (Å²) in [6, 6.07) is 7.87. The predicted octanol–water partition coefficient (Wildman–Crippen LogP) is 6.33. The molecule has 1 saturated carbocycles. The number of benzene rings is 2. The summed E-state index contributed by atoms with van der Waals surface area (Å²) in [6.07, 6.45) is 7.82. The number of aryl methyl sites for hydroxylation is 1. The van der Waals surface area contributed by atoms with Crippen molar-refractivity contribution >= 4 is 45.3 Å². The van der Waals surface area contributed by atoms with Gasteiger partial charge in [-0.3, -0.25) is 38.9 Å². The molecule has 1 atom stereocenters. The first-order valence-corrected chi connectivity index (χ1v) is 18.5. The second kappa shape index (κ2) is 15.7. The molecule has 5 aromatic rings. The minimum Gasteiger partial charge on any atom is -0.318 e. The lowest BCUT2D eigenvalue weighted by atomic mass is 9.86. The Morgan fingerprint density at radius 2 is 1.76 bits per heavy atom. The normalized spacial score (nSPS) is 19.0. The number of nitrogens with zero attached hydrogens (tertiary/aromatic N) is 6. The number of anilines is 1. The fourth-order valence-electron chi connectivity index (χ4n) is 8.05. The largest absolute Gasteiger partial charge is 0.434 e. The summed E-state index contributed by atoms with van der Waals surface area (Å²) in [5, 5.41) is 11.3. The first-order valence-electron chi connectivity index (χ1n) is 18.5. The number of rotatable bonds is 6. The van der Waals surface area contributed by atoms with Gasteiger partial charge in [0.25, 0.3) is 5.91 Å². The molecule has 3 aromatic heterocycles. The number of piperidine rings is 2. The molecule has 5 heterocycles. The van der Waals surface area contributed by atoms with Crippen LogP contribution >= 0.6 is 0 Å². The lowest BCUT2D eigenvalue weighted by molar-refractivity contribution is -0.141. The highest BCUT2D eigenvalue weighted by Crippen LogP contribution is 2.35. The number of hydrogen-bond donors (Lipinski definition) is 3. The van der Waals surface area contributed by atoms with Gasteiger partial charge in [0, 0.05) is 34.3 Å². The lowest BCUT2D eigenvalue weighted by Gasteiger charge is -2.35. The number of carbonyl (C=O) groups is 3. The highest BCUT2D eigenvalue weighted by Gasteiger charge is 2.34. The molecule has 2 aliphatic heterocycles. The number of imidazole rings is 1. The molecule has 294 valence electrons. The van der Waals surface area contributed by atoms with E-state index < -0.39 is 35.3 Å². The number of H-pyrrole nitrogens is 1. The Bertz CT molecular complexity index is 2300. The van der Waals surface area contributed by atoms with Gasteiger partial charge in [0.1, 0.15) is 17.6 Å². The van der Waals surface area contributed by atoms with Crippen LogP contribution in [0.3, 0.4) is 0 Å². The summed E-state index contributed by atoms with van der Waals surface area (Å²) in [5.74, 6) is -1.13. The van der Waals surface area contributed by atoms with Gasteiger partial charge in [0.05, 0.1) is 40.8 Å². The number of alkyl halides is 3. The Morgan fingerprint density at radius 1 is 1.00 bits per heavy atom. The van der Waals surface area contributed by atoms with Crippen LogP contribution in [0.5, 0.6) is 0 Å². The molecule has 3 fully saturated rings. The second-order valence-electron chi connectivity index (χ2n) is 14.5. The van der Waals surface area contributed by atoms with E-state index in [-0.39, 0.29) is 32.5 Å². The van der Waals surface area contributed by atoms with E-state index in [9.17, 15) is 36.7 Å². The second-order valence-corrected chi connectivity index (χ2v) is 14.5. The zero-order valence-corrected chi connectivity index (χ0v) is 30.2. The first-order chi connectivity index (χ1) is 26.4. The van der Waals surface area contributed by atoms with E-state index in [2.05, 4.69) is 41.8 Å². The molecule has 55 heavy (non-hydrogen) atoms. The SMILES string of the molecule is Cn1c(=O)n(C2CCC(=O)NC2=O)c2cccc(C3CCN(CC4CCCCC4)CC3)c21.O=C(Nc1cc2cn[nH]c2cc1F)c1cncc(C(F)(F)F)n1.[HH].[HH]. The number of likely N-dealkylation sites (tertiary alicyclic amines) is 1. The van der Waals surface area contributed by atoms with Crippen molar-refractivity contribution in [2.24, 2.45) is 13.0 Å². The number of aromatic amines is 1. The van der Waals surface area contributed by atoms with Crippen molar-refractivity contribution < 1.29 is 34.8 Å². The topological polar surface area (TPSA) is 160 Å². The van der Waals surface area contributed by atoms with Crippen molar-refractivity contribution in [2.75, 3.05) is 25.0 Å². The molecule has 1 aliphatic carbocycles. The quantitative estimate of drug-likeness (QED) is 0.134. The maximum Gasteiger partial charge on any atom is 0.434 e. The number of amides is 3. The molecule has 0 spiro atoms. The van der Waals surface area contributed by atoms with Crippen molar-refractivity contribution in [3.05, 3.63) is 82.2 Å². The Hall–Kier alpha value is -5.45. The number of aromatic nitrogens is 6. The third-order valence-electron chi connectivity index (χ3n) is 10.9. The number of carbonyl (C=O) groups excluding carboxylic acids is 3. The number of halogens is 4. The van der Waals surface area contributed by atoms with Crippen LogP contribution in [0, 0.1) is 11.7 Å². The van der Waals surface area contributed by atoms with Crippen LogP contribution < -0.4 is 16.3 Å². The van der Waals surface area contributed by atoms with Crippen LogP contribution in [-0.4, -0.2) is 71.6 Å². The van der Waals surface area contributed by atoms with Crippen molar-refractivity contribution in [2.45, 2.75) is 75.9 Å². The standard InChI is InChI=1S/C25H34N4O3.C13H7F4N5O.2H2/c1-27-23-19(18-12-14-28(15-13-18)16-17-6-3-2-4-7-17)8-5-9-20(23)29(25(27)32)21-10-11-22(30)26-24(21)31;14-7-2-8-6(3-19-22-8)1-9(7)21-12(23)10-4-18-5-11(20-10)13(15,16)17;;/h5,8-9,17-18,21H,2-4,6-7,10-16H2,1H3,(H,26,30,31);1-5H,(H,19,22)(H,21,23);2*1H. The van der Waals surface area contributed by atoms with Gasteiger partial charge in [0.15, 0.2) is 5.69 Å². The summed E-state index contributed by atoms with van der Waals surface area (Å²) in [4.78, 5) is 58.3. The van der Waals surface area contributed by atoms with Crippen LogP contribution in [0.4, 0.5) is 23.2 Å². The van der Waals surface area contributed by atoms with Crippen molar-refractivity contribution in [1.29, 1.82) is 0 Å². The Morgan fingerprint density at radius 3 is 2.49 bits per heavy atom. The maximum absolute atomic E-state index is 13.9. The van der Waals surface area contributed by atoms with Gasteiger partial charge in [-0.15, -0.1) is 0 Å². The minimum atomic E-state index is -4.73. The number of nitrogens with one attached hydrogen (secondary N) is 3. The first kappa shape index (κ1) is 37.8. The zero-order valence-electron chi connectivity index (χ0n) is 30.2. The number of hydrogen-bond acceptors (Lipinski definition) is 8. The molecule has 2 saturated heterocycles. The smallest absolute Gasteiger partial charge is 0.318 e. The van der Waals surface area contributed by atoms with Gasteiger partial charge < -0.3 is 10.2 Å². The van der Waals surface area contributed by atoms with Crippen molar-refractivity contribution in [3.8, 4) is 0 Å².